The van der Waals surface area contributed by atoms with Crippen molar-refractivity contribution in [3.05, 3.63) is 70.4 Å². The Hall–Kier alpha value is -2.26. The van der Waals surface area contributed by atoms with Gasteiger partial charge in [-0.25, -0.2) is 4.79 Å². The van der Waals surface area contributed by atoms with Crippen LogP contribution < -0.4 is 0 Å². The number of halogens is 1. The van der Waals surface area contributed by atoms with E-state index in [1.54, 1.807) is 0 Å². The zero-order valence-corrected chi connectivity index (χ0v) is 12.3. The molecule has 0 aliphatic rings. The maximum Gasteiger partial charge on any atom is 0.352 e. The molecule has 0 spiro atoms. The Labute approximate surface area is 127 Å². The first-order chi connectivity index (χ1) is 10.1. The van der Waals surface area contributed by atoms with Gasteiger partial charge in [0.2, 0.25) is 0 Å². The number of carboxylic acids is 1. The van der Waals surface area contributed by atoms with Crippen molar-refractivity contribution in [1.82, 2.24) is 4.57 Å². The zero-order chi connectivity index (χ0) is 15.0. The lowest BCUT2D eigenvalue weighted by atomic mass is 10.1. The molecule has 1 N–H and O–H groups in total. The Kier molecular flexibility index (Phi) is 3.43. The smallest absolute Gasteiger partial charge is 0.352 e. The highest BCUT2D eigenvalue weighted by molar-refractivity contribution is 6.30. The maximum atomic E-state index is 11.6. The quantitative estimate of drug-likeness (QED) is 0.781. The topological polar surface area (TPSA) is 42.2 Å². The summed E-state index contributed by atoms with van der Waals surface area (Å²) in [6.45, 7) is 2.33. The van der Waals surface area contributed by atoms with Crippen LogP contribution in [-0.4, -0.2) is 15.6 Å². The fraction of sp³-hybridized carbons (Fsp3) is 0.118. The van der Waals surface area contributed by atoms with E-state index in [0.29, 0.717) is 17.3 Å². The van der Waals surface area contributed by atoms with E-state index in [9.17, 15) is 9.90 Å². The summed E-state index contributed by atoms with van der Waals surface area (Å²) in [6.07, 6.45) is 0. The number of fused-ring (bicyclic) bond motifs is 1. The molecule has 3 rings (SSSR count). The minimum Gasteiger partial charge on any atom is -0.477 e. The van der Waals surface area contributed by atoms with Crippen LogP contribution >= 0.6 is 11.6 Å². The van der Waals surface area contributed by atoms with Crippen LogP contribution in [0.1, 0.15) is 21.6 Å². The third-order valence-electron chi connectivity index (χ3n) is 3.66. The standard InChI is InChI=1S/C17H14ClNO2/c1-11-14-7-2-3-8-15(14)19(16(11)17(20)21)10-12-5-4-6-13(18)9-12/h2-9H,10H2,1H3,(H,20,21). The number of carbonyl (C=O) groups is 1. The highest BCUT2D eigenvalue weighted by atomic mass is 35.5. The molecular formula is C17H14ClNO2. The van der Waals surface area contributed by atoms with Gasteiger partial charge in [0.25, 0.3) is 0 Å². The highest BCUT2D eigenvalue weighted by Gasteiger charge is 2.19. The molecule has 106 valence electrons. The largest absolute Gasteiger partial charge is 0.477 e. The van der Waals surface area contributed by atoms with Crippen LogP contribution in [-0.2, 0) is 6.54 Å². The van der Waals surface area contributed by atoms with E-state index in [4.69, 9.17) is 11.6 Å². The van der Waals surface area contributed by atoms with Crippen LogP contribution in [0.4, 0.5) is 0 Å². The maximum absolute atomic E-state index is 11.6. The molecule has 0 bridgehead atoms. The minimum absolute atomic E-state index is 0.330. The minimum atomic E-state index is -0.911. The summed E-state index contributed by atoms with van der Waals surface area (Å²) >= 11 is 6.01. The van der Waals surface area contributed by atoms with Crippen molar-refractivity contribution >= 4 is 28.5 Å². The molecular weight excluding hydrogens is 286 g/mol. The Bertz CT molecular complexity index is 836. The molecule has 1 aromatic heterocycles. The van der Waals surface area contributed by atoms with Gasteiger partial charge in [0.05, 0.1) is 0 Å². The fourth-order valence-corrected chi connectivity index (χ4v) is 2.95. The van der Waals surface area contributed by atoms with Gasteiger partial charge in [-0.15, -0.1) is 0 Å². The molecule has 3 nitrogen and oxygen atoms in total. The molecule has 0 aliphatic heterocycles. The molecule has 4 heteroatoms. The number of nitrogens with zero attached hydrogens (tertiary/aromatic N) is 1. The third-order valence-corrected chi connectivity index (χ3v) is 3.89. The number of aromatic carboxylic acids is 1. The van der Waals surface area contributed by atoms with E-state index in [2.05, 4.69) is 0 Å². The van der Waals surface area contributed by atoms with Crippen molar-refractivity contribution in [3.63, 3.8) is 0 Å². The second-order valence-corrected chi connectivity index (χ2v) is 5.45. The average Bonchev–Trinajstić information content (AvgIpc) is 2.73. The molecule has 0 atom stereocenters. The number of hydrogen-bond donors (Lipinski definition) is 1. The Morgan fingerprint density at radius 3 is 2.67 bits per heavy atom. The fourth-order valence-electron chi connectivity index (χ4n) is 2.73. The molecule has 0 unspecified atom stereocenters. The van der Waals surface area contributed by atoms with Crippen LogP contribution in [0.15, 0.2) is 48.5 Å². The second kappa shape index (κ2) is 5.26. The predicted molar refractivity (Wildman–Crippen MR) is 84.2 cm³/mol. The summed E-state index contributed by atoms with van der Waals surface area (Å²) in [6, 6.07) is 15.2. The van der Waals surface area contributed by atoms with Crippen molar-refractivity contribution in [2.75, 3.05) is 0 Å². The summed E-state index contributed by atoms with van der Waals surface area (Å²) in [5.41, 5.74) is 3.02. The van der Waals surface area contributed by atoms with Gasteiger partial charge in [-0.3, -0.25) is 0 Å². The number of benzene rings is 2. The van der Waals surface area contributed by atoms with Crippen molar-refractivity contribution in [3.8, 4) is 0 Å². The van der Waals surface area contributed by atoms with E-state index in [1.165, 1.54) is 0 Å². The monoisotopic (exact) mass is 299 g/mol. The molecule has 0 saturated heterocycles. The van der Waals surface area contributed by atoms with Crippen molar-refractivity contribution < 1.29 is 9.90 Å². The van der Waals surface area contributed by atoms with Gasteiger partial charge < -0.3 is 9.67 Å². The number of aromatic nitrogens is 1. The van der Waals surface area contributed by atoms with Crippen LogP contribution in [0.25, 0.3) is 10.9 Å². The zero-order valence-electron chi connectivity index (χ0n) is 11.5. The number of carboxylic acid groups (broad SMARTS) is 1. The van der Waals surface area contributed by atoms with E-state index in [-0.39, 0.29) is 0 Å². The predicted octanol–water partition coefficient (Wildman–Crippen LogP) is 4.35. The van der Waals surface area contributed by atoms with Crippen molar-refractivity contribution in [2.24, 2.45) is 0 Å². The van der Waals surface area contributed by atoms with Gasteiger partial charge >= 0.3 is 5.97 Å². The summed E-state index contributed by atoms with van der Waals surface area (Å²) in [5, 5.41) is 11.2. The lowest BCUT2D eigenvalue weighted by molar-refractivity contribution is 0.0685. The number of aryl methyl sites for hydroxylation is 1. The molecule has 0 amide bonds. The number of para-hydroxylation sites is 1. The van der Waals surface area contributed by atoms with Gasteiger partial charge in [0.1, 0.15) is 5.69 Å². The first-order valence-electron chi connectivity index (χ1n) is 6.63. The summed E-state index contributed by atoms with van der Waals surface area (Å²) in [7, 11) is 0. The first-order valence-corrected chi connectivity index (χ1v) is 7.01. The van der Waals surface area contributed by atoms with Crippen molar-refractivity contribution in [2.45, 2.75) is 13.5 Å². The lowest BCUT2D eigenvalue weighted by Crippen LogP contribution is -2.10. The Morgan fingerprint density at radius 2 is 1.95 bits per heavy atom. The third kappa shape index (κ3) is 2.41. The normalized spacial score (nSPS) is 11.0. The van der Waals surface area contributed by atoms with Crippen molar-refractivity contribution in [1.29, 1.82) is 0 Å². The highest BCUT2D eigenvalue weighted by Crippen LogP contribution is 2.27. The molecule has 0 saturated carbocycles. The Morgan fingerprint density at radius 1 is 1.19 bits per heavy atom. The number of rotatable bonds is 3. The molecule has 0 radical (unpaired) electrons. The number of hydrogen-bond acceptors (Lipinski definition) is 1. The SMILES string of the molecule is Cc1c(C(=O)O)n(Cc2cccc(Cl)c2)c2ccccc12. The van der Waals surface area contributed by atoms with E-state index < -0.39 is 5.97 Å². The average molecular weight is 300 g/mol. The van der Waals surface area contributed by atoms with Crippen LogP contribution in [0.5, 0.6) is 0 Å². The second-order valence-electron chi connectivity index (χ2n) is 5.01. The van der Waals surface area contributed by atoms with Crippen LogP contribution in [0.2, 0.25) is 5.02 Å². The van der Waals surface area contributed by atoms with Crippen LogP contribution in [0.3, 0.4) is 0 Å². The van der Waals surface area contributed by atoms with E-state index >= 15 is 0 Å². The van der Waals surface area contributed by atoms with E-state index in [0.717, 1.165) is 22.0 Å². The lowest BCUT2D eigenvalue weighted by Gasteiger charge is -2.09. The molecule has 1 heterocycles. The van der Waals surface area contributed by atoms with Gasteiger partial charge in [0.15, 0.2) is 0 Å². The molecule has 3 aromatic rings. The van der Waals surface area contributed by atoms with Gasteiger partial charge in [-0.05, 0) is 36.2 Å². The van der Waals surface area contributed by atoms with E-state index in [1.807, 2.05) is 60.0 Å². The Balaban J connectivity index is 2.21. The summed E-state index contributed by atoms with van der Waals surface area (Å²) in [5.74, 6) is -0.911. The molecule has 0 fully saturated rings. The summed E-state index contributed by atoms with van der Waals surface area (Å²) in [4.78, 5) is 11.6. The molecule has 21 heavy (non-hydrogen) atoms. The molecule has 0 aliphatic carbocycles. The summed E-state index contributed by atoms with van der Waals surface area (Å²) < 4.78 is 1.83. The molecule has 2 aromatic carbocycles. The van der Waals surface area contributed by atoms with Gasteiger partial charge in [0, 0.05) is 22.5 Å². The first kappa shape index (κ1) is 13.7. The van der Waals surface area contributed by atoms with Crippen LogP contribution in [0, 0.1) is 6.92 Å². The van der Waals surface area contributed by atoms with Gasteiger partial charge in [-0.1, -0.05) is 41.9 Å². The van der Waals surface area contributed by atoms with Gasteiger partial charge in [-0.2, -0.15) is 0 Å².